The first-order valence-electron chi connectivity index (χ1n) is 8.09. The number of hydrogen-bond acceptors (Lipinski definition) is 3. The van der Waals surface area contributed by atoms with Gasteiger partial charge in [0.15, 0.2) is 0 Å². The largest absolute Gasteiger partial charge is 0.352 e. The molecule has 0 spiro atoms. The van der Waals surface area contributed by atoms with Crippen LogP contribution in [-0.4, -0.2) is 30.9 Å². The summed E-state index contributed by atoms with van der Waals surface area (Å²) in [6, 6.07) is 4.81. The lowest BCUT2D eigenvalue weighted by Crippen LogP contribution is -2.43. The first-order valence-corrected chi connectivity index (χ1v) is 8.47. The summed E-state index contributed by atoms with van der Waals surface area (Å²) in [6.45, 7) is 5.52. The second-order valence-electron chi connectivity index (χ2n) is 6.29. The van der Waals surface area contributed by atoms with Gasteiger partial charge in [-0.3, -0.25) is 9.59 Å². The van der Waals surface area contributed by atoms with Gasteiger partial charge in [-0.15, -0.1) is 0 Å². The monoisotopic (exact) mass is 337 g/mol. The molecule has 1 aromatic carbocycles. The minimum Gasteiger partial charge on any atom is -0.352 e. The molecule has 2 amide bonds. The molecule has 0 aliphatic carbocycles. The van der Waals surface area contributed by atoms with Crippen LogP contribution < -0.4 is 16.0 Å². The van der Waals surface area contributed by atoms with Gasteiger partial charge in [0, 0.05) is 12.2 Å². The van der Waals surface area contributed by atoms with Gasteiger partial charge in [-0.1, -0.05) is 31.9 Å². The number of nitrogens with one attached hydrogen (secondary N) is 3. The number of halogens is 1. The van der Waals surface area contributed by atoms with E-state index in [0.717, 1.165) is 25.8 Å². The van der Waals surface area contributed by atoms with Crippen LogP contribution in [0.5, 0.6) is 0 Å². The highest BCUT2D eigenvalue weighted by atomic mass is 35.5. The summed E-state index contributed by atoms with van der Waals surface area (Å²) in [6.07, 6.45) is 3.01. The van der Waals surface area contributed by atoms with Crippen molar-refractivity contribution >= 4 is 29.1 Å². The molecular formula is C17H24ClN3O2. The van der Waals surface area contributed by atoms with E-state index < -0.39 is 0 Å². The molecule has 1 fully saturated rings. The van der Waals surface area contributed by atoms with Crippen molar-refractivity contribution in [3.63, 3.8) is 0 Å². The summed E-state index contributed by atoms with van der Waals surface area (Å²) < 4.78 is 0. The van der Waals surface area contributed by atoms with E-state index in [1.165, 1.54) is 0 Å². The molecule has 1 atom stereocenters. The van der Waals surface area contributed by atoms with Crippen LogP contribution in [0.4, 0.5) is 5.69 Å². The van der Waals surface area contributed by atoms with E-state index in [-0.39, 0.29) is 17.9 Å². The van der Waals surface area contributed by atoms with E-state index >= 15 is 0 Å². The van der Waals surface area contributed by atoms with E-state index in [9.17, 15) is 9.59 Å². The number of anilines is 1. The van der Waals surface area contributed by atoms with Gasteiger partial charge in [0.1, 0.15) is 0 Å². The molecule has 0 aromatic heterocycles. The fourth-order valence-electron chi connectivity index (χ4n) is 2.47. The molecule has 0 saturated carbocycles. The van der Waals surface area contributed by atoms with Gasteiger partial charge in [-0.25, -0.2) is 0 Å². The van der Waals surface area contributed by atoms with Crippen LogP contribution in [0.15, 0.2) is 18.2 Å². The number of carbonyl (C=O) groups excluding carboxylic acids is 2. The van der Waals surface area contributed by atoms with Crippen LogP contribution in [0.3, 0.4) is 0 Å². The molecule has 1 saturated heterocycles. The second kappa shape index (κ2) is 8.31. The van der Waals surface area contributed by atoms with Crippen LogP contribution in [0.1, 0.15) is 43.5 Å². The third kappa shape index (κ3) is 5.22. The highest BCUT2D eigenvalue weighted by Gasteiger charge is 2.21. The summed E-state index contributed by atoms with van der Waals surface area (Å²) >= 11 is 6.18. The van der Waals surface area contributed by atoms with Gasteiger partial charge in [0.2, 0.25) is 5.91 Å². The zero-order chi connectivity index (χ0) is 16.8. The summed E-state index contributed by atoms with van der Waals surface area (Å²) in [5, 5.41) is 9.22. The van der Waals surface area contributed by atoms with Crippen molar-refractivity contribution in [2.75, 3.05) is 18.4 Å². The Morgan fingerprint density at radius 3 is 2.74 bits per heavy atom. The summed E-state index contributed by atoms with van der Waals surface area (Å²) in [4.78, 5) is 24.2. The van der Waals surface area contributed by atoms with E-state index in [0.29, 0.717) is 28.7 Å². The predicted octanol–water partition coefficient (Wildman–Crippen LogP) is 2.81. The van der Waals surface area contributed by atoms with Crippen molar-refractivity contribution in [1.82, 2.24) is 10.6 Å². The molecule has 126 valence electrons. The highest BCUT2D eigenvalue weighted by molar-refractivity contribution is 6.34. The zero-order valence-corrected chi connectivity index (χ0v) is 14.4. The molecule has 3 N–H and O–H groups in total. The lowest BCUT2D eigenvalue weighted by atomic mass is 10.0. The molecule has 6 heteroatoms. The fraction of sp³-hybridized carbons (Fsp3) is 0.529. The number of amides is 2. The van der Waals surface area contributed by atoms with Crippen LogP contribution in [0.2, 0.25) is 5.02 Å². The molecule has 5 nitrogen and oxygen atoms in total. The normalized spacial score (nSPS) is 17.8. The number of piperidine rings is 1. The van der Waals surface area contributed by atoms with E-state index in [2.05, 4.69) is 16.0 Å². The van der Waals surface area contributed by atoms with Crippen molar-refractivity contribution in [1.29, 1.82) is 0 Å². The topological polar surface area (TPSA) is 70.2 Å². The Hall–Kier alpha value is -1.59. The maximum atomic E-state index is 12.2. The minimum atomic E-state index is -0.199. The molecule has 0 radical (unpaired) electrons. The average Bonchev–Trinajstić information content (AvgIpc) is 2.53. The fourth-order valence-corrected chi connectivity index (χ4v) is 2.74. The van der Waals surface area contributed by atoms with E-state index in [1.807, 2.05) is 13.8 Å². The van der Waals surface area contributed by atoms with Gasteiger partial charge in [-0.05, 0) is 43.5 Å². The quantitative estimate of drug-likeness (QED) is 0.773. The summed E-state index contributed by atoms with van der Waals surface area (Å²) in [5.74, 6) is 0.118. The number of carbonyl (C=O) groups is 2. The van der Waals surface area contributed by atoms with E-state index in [1.54, 1.807) is 18.2 Å². The Bertz CT molecular complexity index is 569. The van der Waals surface area contributed by atoms with Crippen LogP contribution in [0.25, 0.3) is 0 Å². The molecular weight excluding hydrogens is 314 g/mol. The smallest absolute Gasteiger partial charge is 0.252 e. The van der Waals surface area contributed by atoms with Gasteiger partial charge in [0.05, 0.1) is 16.6 Å². The average molecular weight is 338 g/mol. The van der Waals surface area contributed by atoms with Crippen LogP contribution >= 0.6 is 11.6 Å². The molecule has 1 aliphatic rings. The molecule has 2 rings (SSSR count). The Morgan fingerprint density at radius 1 is 1.35 bits per heavy atom. The van der Waals surface area contributed by atoms with Gasteiger partial charge < -0.3 is 16.0 Å². The predicted molar refractivity (Wildman–Crippen MR) is 92.9 cm³/mol. The number of hydrogen-bond donors (Lipinski definition) is 3. The van der Waals surface area contributed by atoms with Crippen molar-refractivity contribution in [2.24, 2.45) is 5.92 Å². The first kappa shape index (κ1) is 17.8. The zero-order valence-electron chi connectivity index (χ0n) is 13.6. The Labute approximate surface area is 142 Å². The van der Waals surface area contributed by atoms with Gasteiger partial charge in [0.25, 0.3) is 5.91 Å². The molecule has 1 unspecified atom stereocenters. The van der Waals surface area contributed by atoms with Crippen LogP contribution in [0, 0.1) is 5.92 Å². The Morgan fingerprint density at radius 2 is 2.13 bits per heavy atom. The molecule has 1 heterocycles. The lowest BCUT2D eigenvalue weighted by Gasteiger charge is -2.22. The SMILES string of the molecule is CC(C)CNC(=O)c1ccc(NC(=O)C2CCCCN2)cc1Cl. The Kier molecular flexibility index (Phi) is 6.42. The van der Waals surface area contributed by atoms with Crippen molar-refractivity contribution < 1.29 is 9.59 Å². The number of benzene rings is 1. The van der Waals surface area contributed by atoms with Gasteiger partial charge in [-0.2, -0.15) is 0 Å². The molecule has 1 aromatic rings. The van der Waals surface area contributed by atoms with Crippen molar-refractivity contribution in [2.45, 2.75) is 39.2 Å². The summed E-state index contributed by atoms with van der Waals surface area (Å²) in [5.41, 5.74) is 1.02. The van der Waals surface area contributed by atoms with Gasteiger partial charge >= 0.3 is 0 Å². The first-order chi connectivity index (χ1) is 11.0. The molecule has 0 bridgehead atoms. The maximum absolute atomic E-state index is 12.2. The van der Waals surface area contributed by atoms with E-state index in [4.69, 9.17) is 11.6 Å². The third-order valence-electron chi connectivity index (χ3n) is 3.78. The minimum absolute atomic E-state index is 0.0576. The van der Waals surface area contributed by atoms with Crippen molar-refractivity contribution in [3.05, 3.63) is 28.8 Å². The van der Waals surface area contributed by atoms with Crippen LogP contribution in [-0.2, 0) is 4.79 Å². The summed E-state index contributed by atoms with van der Waals surface area (Å²) in [7, 11) is 0. The number of rotatable bonds is 5. The maximum Gasteiger partial charge on any atom is 0.252 e. The highest BCUT2D eigenvalue weighted by Crippen LogP contribution is 2.21. The Balaban J connectivity index is 1.98. The second-order valence-corrected chi connectivity index (χ2v) is 6.70. The standard InChI is InChI=1S/C17H24ClN3O2/c1-11(2)10-20-16(22)13-7-6-12(9-14(13)18)21-17(23)15-5-3-4-8-19-15/h6-7,9,11,15,19H,3-5,8,10H2,1-2H3,(H,20,22)(H,21,23). The van der Waals surface area contributed by atoms with Crippen molar-refractivity contribution in [3.8, 4) is 0 Å². The molecule has 1 aliphatic heterocycles. The lowest BCUT2D eigenvalue weighted by molar-refractivity contribution is -0.118. The third-order valence-corrected chi connectivity index (χ3v) is 4.09. The molecule has 23 heavy (non-hydrogen) atoms.